The average Bonchev–Trinajstić information content (AvgIpc) is 3.15. The molecule has 7 heteroatoms. The summed E-state index contributed by atoms with van der Waals surface area (Å²) < 4.78 is 27.1. The molecular weight excluding hydrogens is 433 g/mol. The lowest BCUT2D eigenvalue weighted by Crippen LogP contribution is -2.16. The number of pyridine rings is 1. The van der Waals surface area contributed by atoms with Crippen LogP contribution in [0.25, 0.3) is 16.9 Å². The van der Waals surface area contributed by atoms with Crippen molar-refractivity contribution in [3.63, 3.8) is 0 Å². The molecule has 0 atom stereocenters. The van der Waals surface area contributed by atoms with Crippen molar-refractivity contribution in [2.24, 2.45) is 0 Å². The standard InChI is InChI=1S/C27H28FN3O3/c1-5-33-23-11-9-20(14-24(23)34-6-2)29-26(32)15-22-27(19-8-10-21(28)18(4)13-19)30-25-12-7-17(3)16-31(22)25/h7-14,16H,5-6,15H2,1-4H3,(H,29,32). The highest BCUT2D eigenvalue weighted by atomic mass is 19.1. The second-order valence-corrected chi connectivity index (χ2v) is 8.06. The lowest BCUT2D eigenvalue weighted by molar-refractivity contribution is -0.115. The highest BCUT2D eigenvalue weighted by Crippen LogP contribution is 2.31. The van der Waals surface area contributed by atoms with Crippen molar-refractivity contribution in [2.45, 2.75) is 34.1 Å². The number of hydrogen-bond acceptors (Lipinski definition) is 4. The summed E-state index contributed by atoms with van der Waals surface area (Å²) in [5.41, 5.74) is 5.07. The van der Waals surface area contributed by atoms with Gasteiger partial charge in [-0.2, -0.15) is 0 Å². The number of imidazole rings is 1. The van der Waals surface area contributed by atoms with Crippen LogP contribution in [0.4, 0.5) is 10.1 Å². The molecule has 4 rings (SSSR count). The van der Waals surface area contributed by atoms with Gasteiger partial charge >= 0.3 is 0 Å². The number of aryl methyl sites for hydroxylation is 2. The fourth-order valence-electron chi connectivity index (χ4n) is 3.88. The first-order valence-electron chi connectivity index (χ1n) is 11.3. The molecule has 0 bridgehead atoms. The highest BCUT2D eigenvalue weighted by molar-refractivity contribution is 5.93. The summed E-state index contributed by atoms with van der Waals surface area (Å²) in [6, 6.07) is 14.1. The molecule has 0 aliphatic heterocycles. The van der Waals surface area contributed by atoms with Crippen LogP contribution in [0.1, 0.15) is 30.7 Å². The number of ether oxygens (including phenoxy) is 2. The van der Waals surface area contributed by atoms with E-state index in [1.54, 1.807) is 37.3 Å². The van der Waals surface area contributed by atoms with Gasteiger partial charge in [0.15, 0.2) is 11.5 Å². The van der Waals surface area contributed by atoms with E-state index < -0.39 is 0 Å². The topological polar surface area (TPSA) is 64.9 Å². The van der Waals surface area contributed by atoms with Gasteiger partial charge in [-0.25, -0.2) is 9.37 Å². The largest absolute Gasteiger partial charge is 0.490 e. The lowest BCUT2D eigenvalue weighted by atomic mass is 10.1. The van der Waals surface area contributed by atoms with E-state index in [2.05, 4.69) is 5.32 Å². The quantitative estimate of drug-likeness (QED) is 0.364. The van der Waals surface area contributed by atoms with E-state index >= 15 is 0 Å². The minimum absolute atomic E-state index is 0.0908. The van der Waals surface area contributed by atoms with Crippen LogP contribution >= 0.6 is 0 Å². The zero-order chi connectivity index (χ0) is 24.2. The fraction of sp³-hybridized carbons (Fsp3) is 0.259. The van der Waals surface area contributed by atoms with Crippen molar-refractivity contribution in [1.29, 1.82) is 0 Å². The molecule has 34 heavy (non-hydrogen) atoms. The minimum Gasteiger partial charge on any atom is -0.490 e. The number of benzene rings is 2. The Morgan fingerprint density at radius 2 is 1.76 bits per heavy atom. The molecule has 2 aromatic heterocycles. The molecule has 0 radical (unpaired) electrons. The van der Waals surface area contributed by atoms with E-state index in [1.807, 2.05) is 43.5 Å². The summed E-state index contributed by atoms with van der Waals surface area (Å²) in [6.45, 7) is 8.51. The van der Waals surface area contributed by atoms with E-state index in [1.165, 1.54) is 6.07 Å². The zero-order valence-electron chi connectivity index (χ0n) is 19.8. The van der Waals surface area contributed by atoms with Crippen LogP contribution in [0, 0.1) is 19.7 Å². The van der Waals surface area contributed by atoms with Gasteiger partial charge in [0.25, 0.3) is 0 Å². The highest BCUT2D eigenvalue weighted by Gasteiger charge is 2.19. The Labute approximate surface area is 198 Å². The van der Waals surface area contributed by atoms with Crippen molar-refractivity contribution in [1.82, 2.24) is 9.38 Å². The molecule has 0 spiro atoms. The number of nitrogens with one attached hydrogen (secondary N) is 1. The van der Waals surface area contributed by atoms with Crippen LogP contribution in [0.3, 0.4) is 0 Å². The summed E-state index contributed by atoms with van der Waals surface area (Å²) in [6.07, 6.45) is 2.04. The van der Waals surface area contributed by atoms with Gasteiger partial charge in [-0.15, -0.1) is 0 Å². The first-order chi connectivity index (χ1) is 16.4. The monoisotopic (exact) mass is 461 g/mol. The molecule has 6 nitrogen and oxygen atoms in total. The third-order valence-corrected chi connectivity index (χ3v) is 5.45. The van der Waals surface area contributed by atoms with Gasteiger partial charge in [0.1, 0.15) is 11.5 Å². The lowest BCUT2D eigenvalue weighted by Gasteiger charge is -2.13. The maximum absolute atomic E-state index is 13.9. The van der Waals surface area contributed by atoms with Gasteiger partial charge in [0.05, 0.1) is 31.0 Å². The van der Waals surface area contributed by atoms with Gasteiger partial charge in [-0.05, 0) is 75.2 Å². The maximum atomic E-state index is 13.9. The maximum Gasteiger partial charge on any atom is 0.230 e. The predicted molar refractivity (Wildman–Crippen MR) is 131 cm³/mol. The number of aromatic nitrogens is 2. The third kappa shape index (κ3) is 4.88. The molecule has 4 aromatic rings. The first kappa shape index (κ1) is 23.3. The minimum atomic E-state index is -0.275. The first-order valence-corrected chi connectivity index (χ1v) is 11.3. The fourth-order valence-corrected chi connectivity index (χ4v) is 3.88. The van der Waals surface area contributed by atoms with E-state index in [0.29, 0.717) is 41.7 Å². The van der Waals surface area contributed by atoms with Crippen LogP contribution in [0.15, 0.2) is 54.7 Å². The van der Waals surface area contributed by atoms with Gasteiger partial charge < -0.3 is 19.2 Å². The Morgan fingerprint density at radius 1 is 1.00 bits per heavy atom. The summed E-state index contributed by atoms with van der Waals surface area (Å²) >= 11 is 0. The van der Waals surface area contributed by atoms with Gasteiger partial charge in [0.2, 0.25) is 5.91 Å². The van der Waals surface area contributed by atoms with Gasteiger partial charge in [-0.1, -0.05) is 6.07 Å². The normalized spacial score (nSPS) is 11.0. The predicted octanol–water partition coefficient (Wildman–Crippen LogP) is 5.74. The third-order valence-electron chi connectivity index (χ3n) is 5.45. The van der Waals surface area contributed by atoms with Crippen LogP contribution in [-0.4, -0.2) is 28.5 Å². The number of hydrogen-bond donors (Lipinski definition) is 1. The van der Waals surface area contributed by atoms with Crippen LogP contribution in [0.2, 0.25) is 0 Å². The molecule has 2 heterocycles. The molecule has 0 aliphatic carbocycles. The second-order valence-electron chi connectivity index (χ2n) is 8.06. The van der Waals surface area contributed by atoms with E-state index in [0.717, 1.165) is 22.5 Å². The van der Waals surface area contributed by atoms with Gasteiger partial charge in [0, 0.05) is 23.5 Å². The average molecular weight is 462 g/mol. The Morgan fingerprint density at radius 3 is 2.50 bits per heavy atom. The molecule has 1 N–H and O–H groups in total. The molecule has 1 amide bonds. The summed E-state index contributed by atoms with van der Waals surface area (Å²) in [5, 5.41) is 2.95. The van der Waals surface area contributed by atoms with Crippen LogP contribution in [0.5, 0.6) is 11.5 Å². The number of nitrogens with zero attached hydrogens (tertiary/aromatic N) is 2. The van der Waals surface area contributed by atoms with Crippen LogP contribution in [-0.2, 0) is 11.2 Å². The molecular formula is C27H28FN3O3. The molecule has 0 saturated heterocycles. The number of anilines is 1. The van der Waals surface area contributed by atoms with Crippen molar-refractivity contribution in [3.05, 3.63) is 77.4 Å². The molecule has 0 unspecified atom stereocenters. The van der Waals surface area contributed by atoms with Crippen molar-refractivity contribution < 1.29 is 18.7 Å². The van der Waals surface area contributed by atoms with Crippen LogP contribution < -0.4 is 14.8 Å². The molecule has 0 fully saturated rings. The number of carbonyl (C=O) groups excluding carboxylic acids is 1. The molecule has 176 valence electrons. The molecule has 0 aliphatic rings. The van der Waals surface area contributed by atoms with Crippen molar-refractivity contribution in [2.75, 3.05) is 18.5 Å². The number of carbonyl (C=O) groups is 1. The smallest absolute Gasteiger partial charge is 0.230 e. The number of halogens is 1. The van der Waals surface area contributed by atoms with Crippen molar-refractivity contribution >= 4 is 17.2 Å². The Hall–Kier alpha value is -3.87. The second kappa shape index (κ2) is 9.95. The van der Waals surface area contributed by atoms with E-state index in [-0.39, 0.29) is 18.1 Å². The Bertz CT molecular complexity index is 1350. The number of rotatable bonds is 8. The zero-order valence-corrected chi connectivity index (χ0v) is 19.8. The SMILES string of the molecule is CCOc1ccc(NC(=O)Cc2c(-c3ccc(F)c(C)c3)nc3ccc(C)cn23)cc1OCC. The summed E-state index contributed by atoms with van der Waals surface area (Å²) in [7, 11) is 0. The number of fused-ring (bicyclic) bond motifs is 1. The number of amides is 1. The summed E-state index contributed by atoms with van der Waals surface area (Å²) in [4.78, 5) is 17.9. The van der Waals surface area contributed by atoms with Gasteiger partial charge in [-0.3, -0.25) is 4.79 Å². The van der Waals surface area contributed by atoms with E-state index in [4.69, 9.17) is 14.5 Å². The molecule has 2 aromatic carbocycles. The Kier molecular flexibility index (Phi) is 6.82. The Balaban J connectivity index is 1.67. The van der Waals surface area contributed by atoms with E-state index in [9.17, 15) is 9.18 Å². The molecule has 0 saturated carbocycles. The van der Waals surface area contributed by atoms with Crippen molar-refractivity contribution in [3.8, 4) is 22.8 Å². The summed E-state index contributed by atoms with van der Waals surface area (Å²) in [5.74, 6) is 0.738.